The van der Waals surface area contributed by atoms with Gasteiger partial charge in [0.05, 0.1) is 12.7 Å². The van der Waals surface area contributed by atoms with E-state index in [0.29, 0.717) is 17.5 Å². The molecule has 2 N–H and O–H groups in total. The lowest BCUT2D eigenvalue weighted by Crippen LogP contribution is -1.99. The minimum absolute atomic E-state index is 0.421. The molecule has 21 heavy (non-hydrogen) atoms. The van der Waals surface area contributed by atoms with E-state index < -0.39 is 0 Å². The first kappa shape index (κ1) is 13.9. The van der Waals surface area contributed by atoms with Crippen LogP contribution in [0.4, 0.5) is 5.69 Å². The summed E-state index contributed by atoms with van der Waals surface area (Å²) in [6.07, 6.45) is 7.42. The van der Waals surface area contributed by atoms with E-state index in [2.05, 4.69) is 10.1 Å². The lowest BCUT2D eigenvalue weighted by molar-refractivity contribution is 0.409. The Morgan fingerprint density at radius 1 is 1.19 bits per heavy atom. The van der Waals surface area contributed by atoms with Crippen molar-refractivity contribution >= 4 is 5.69 Å². The summed E-state index contributed by atoms with van der Waals surface area (Å²) in [4.78, 5) is 4.56. The smallest absolute Gasteiger partial charge is 0.260 e. The number of methoxy groups -OCH3 is 1. The Morgan fingerprint density at radius 2 is 1.95 bits per heavy atom. The molecule has 0 atom stereocenters. The van der Waals surface area contributed by atoms with E-state index in [-0.39, 0.29) is 0 Å². The molecule has 1 aromatic carbocycles. The quantitative estimate of drug-likeness (QED) is 0.687. The van der Waals surface area contributed by atoms with Gasteiger partial charge in [-0.05, 0) is 25.0 Å². The van der Waals surface area contributed by atoms with Gasteiger partial charge in [-0.1, -0.05) is 30.8 Å². The van der Waals surface area contributed by atoms with Gasteiger partial charge in [0.1, 0.15) is 5.75 Å². The maximum absolute atomic E-state index is 6.03. The van der Waals surface area contributed by atoms with Crippen molar-refractivity contribution in [1.82, 2.24) is 10.1 Å². The molecule has 0 bridgehead atoms. The van der Waals surface area contributed by atoms with Crippen molar-refractivity contribution in [3.05, 3.63) is 24.0 Å². The largest absolute Gasteiger partial charge is 0.497 e. The number of nitrogen functional groups attached to an aromatic ring is 1. The Bertz CT molecular complexity index is 601. The van der Waals surface area contributed by atoms with Gasteiger partial charge in [-0.15, -0.1) is 0 Å². The average molecular weight is 287 g/mol. The Morgan fingerprint density at radius 3 is 2.62 bits per heavy atom. The van der Waals surface area contributed by atoms with Crippen molar-refractivity contribution in [1.29, 1.82) is 0 Å². The molecule has 0 unspecified atom stereocenters. The third-order valence-electron chi connectivity index (χ3n) is 4.15. The van der Waals surface area contributed by atoms with Gasteiger partial charge in [-0.2, -0.15) is 4.98 Å². The minimum Gasteiger partial charge on any atom is -0.497 e. The van der Waals surface area contributed by atoms with Gasteiger partial charge in [0.2, 0.25) is 0 Å². The molecule has 0 aliphatic heterocycles. The fourth-order valence-corrected chi connectivity index (χ4v) is 2.91. The molecule has 1 fully saturated rings. The summed E-state index contributed by atoms with van der Waals surface area (Å²) in [6.45, 7) is 0. The molecule has 0 radical (unpaired) electrons. The molecular weight excluding hydrogens is 266 g/mol. The second-order valence-corrected chi connectivity index (χ2v) is 5.60. The third kappa shape index (κ3) is 3.01. The first-order valence-corrected chi connectivity index (χ1v) is 7.55. The van der Waals surface area contributed by atoms with Crippen LogP contribution in [-0.4, -0.2) is 17.3 Å². The van der Waals surface area contributed by atoms with Gasteiger partial charge in [0, 0.05) is 17.7 Å². The summed E-state index contributed by atoms with van der Waals surface area (Å²) in [5, 5.41) is 4.17. The number of aromatic nitrogens is 2. The van der Waals surface area contributed by atoms with E-state index in [9.17, 15) is 0 Å². The number of benzene rings is 1. The number of anilines is 1. The number of ether oxygens (including phenoxy) is 1. The van der Waals surface area contributed by atoms with E-state index in [0.717, 1.165) is 30.0 Å². The lowest BCUT2D eigenvalue weighted by atomic mass is 10.00. The van der Waals surface area contributed by atoms with E-state index >= 15 is 0 Å². The van der Waals surface area contributed by atoms with Gasteiger partial charge < -0.3 is 15.0 Å². The summed E-state index contributed by atoms with van der Waals surface area (Å²) in [6, 6.07) is 5.48. The SMILES string of the molecule is COc1ccc(-c2nc(C3CCCCCC3)no2)c(N)c1. The zero-order chi connectivity index (χ0) is 14.7. The van der Waals surface area contributed by atoms with Crippen molar-refractivity contribution in [2.24, 2.45) is 0 Å². The number of rotatable bonds is 3. The van der Waals surface area contributed by atoms with Crippen molar-refractivity contribution < 1.29 is 9.26 Å². The fraction of sp³-hybridized carbons (Fsp3) is 0.500. The highest BCUT2D eigenvalue weighted by molar-refractivity contribution is 5.71. The monoisotopic (exact) mass is 287 g/mol. The standard InChI is InChI=1S/C16H21N3O2/c1-20-12-8-9-13(14(17)10-12)16-18-15(19-21-16)11-6-4-2-3-5-7-11/h8-11H,2-7,17H2,1H3. The second-order valence-electron chi connectivity index (χ2n) is 5.60. The van der Waals surface area contributed by atoms with Crippen LogP contribution in [0, 0.1) is 0 Å². The van der Waals surface area contributed by atoms with Crippen LogP contribution in [0.3, 0.4) is 0 Å². The lowest BCUT2D eigenvalue weighted by Gasteiger charge is -2.07. The summed E-state index contributed by atoms with van der Waals surface area (Å²) in [5.74, 6) is 2.46. The molecular formula is C16H21N3O2. The van der Waals surface area contributed by atoms with Crippen LogP contribution in [0.1, 0.15) is 50.3 Å². The zero-order valence-corrected chi connectivity index (χ0v) is 12.3. The van der Waals surface area contributed by atoms with Gasteiger partial charge in [-0.25, -0.2) is 0 Å². The minimum atomic E-state index is 0.421. The van der Waals surface area contributed by atoms with Crippen LogP contribution in [0.5, 0.6) is 5.75 Å². The van der Waals surface area contributed by atoms with Crippen LogP contribution >= 0.6 is 0 Å². The predicted molar refractivity (Wildman–Crippen MR) is 81.1 cm³/mol. The predicted octanol–water partition coefficient (Wildman–Crippen LogP) is 3.77. The molecule has 5 nitrogen and oxygen atoms in total. The fourth-order valence-electron chi connectivity index (χ4n) is 2.91. The van der Waals surface area contributed by atoms with Gasteiger partial charge >= 0.3 is 0 Å². The molecule has 0 amide bonds. The van der Waals surface area contributed by atoms with Crippen molar-refractivity contribution in [2.45, 2.75) is 44.4 Å². The van der Waals surface area contributed by atoms with Crippen LogP contribution < -0.4 is 10.5 Å². The molecule has 1 aliphatic carbocycles. The van der Waals surface area contributed by atoms with Gasteiger partial charge in [0.25, 0.3) is 5.89 Å². The molecule has 0 spiro atoms. The third-order valence-corrected chi connectivity index (χ3v) is 4.15. The summed E-state index contributed by atoms with van der Waals surface area (Å²) in [5.41, 5.74) is 7.39. The van der Waals surface area contributed by atoms with Crippen LogP contribution in [0.2, 0.25) is 0 Å². The number of hydrogen-bond acceptors (Lipinski definition) is 5. The molecule has 0 saturated heterocycles. The molecule has 112 valence electrons. The number of nitrogens with zero attached hydrogens (tertiary/aromatic N) is 2. The Labute approximate surface area is 124 Å². The molecule has 1 aromatic heterocycles. The van der Waals surface area contributed by atoms with Crippen LogP contribution in [-0.2, 0) is 0 Å². The molecule has 5 heteroatoms. The van der Waals surface area contributed by atoms with Crippen molar-refractivity contribution in [3.63, 3.8) is 0 Å². The highest BCUT2D eigenvalue weighted by Gasteiger charge is 2.21. The van der Waals surface area contributed by atoms with E-state index in [4.69, 9.17) is 15.0 Å². The Hall–Kier alpha value is -2.04. The van der Waals surface area contributed by atoms with Gasteiger partial charge in [0.15, 0.2) is 5.82 Å². The average Bonchev–Trinajstić information content (AvgIpc) is 2.82. The Kier molecular flexibility index (Phi) is 4.08. The van der Waals surface area contributed by atoms with Crippen molar-refractivity contribution in [2.75, 3.05) is 12.8 Å². The maximum atomic E-state index is 6.03. The van der Waals surface area contributed by atoms with E-state index in [1.807, 2.05) is 12.1 Å². The normalized spacial score (nSPS) is 16.6. The van der Waals surface area contributed by atoms with Crippen LogP contribution in [0.25, 0.3) is 11.5 Å². The molecule has 1 saturated carbocycles. The molecule has 2 aromatic rings. The first-order chi connectivity index (χ1) is 10.3. The molecule has 1 heterocycles. The number of hydrogen-bond donors (Lipinski definition) is 1. The van der Waals surface area contributed by atoms with E-state index in [1.165, 1.54) is 25.7 Å². The zero-order valence-electron chi connectivity index (χ0n) is 12.3. The van der Waals surface area contributed by atoms with Crippen LogP contribution in [0.15, 0.2) is 22.7 Å². The van der Waals surface area contributed by atoms with Crippen molar-refractivity contribution in [3.8, 4) is 17.2 Å². The summed E-state index contributed by atoms with van der Waals surface area (Å²) in [7, 11) is 1.62. The molecule has 1 aliphatic rings. The topological polar surface area (TPSA) is 74.2 Å². The van der Waals surface area contributed by atoms with E-state index in [1.54, 1.807) is 13.2 Å². The van der Waals surface area contributed by atoms with Gasteiger partial charge in [-0.3, -0.25) is 0 Å². The maximum Gasteiger partial charge on any atom is 0.260 e. The Balaban J connectivity index is 1.84. The summed E-state index contributed by atoms with van der Waals surface area (Å²) < 4.78 is 10.6. The summed E-state index contributed by atoms with van der Waals surface area (Å²) >= 11 is 0. The first-order valence-electron chi connectivity index (χ1n) is 7.55. The number of nitrogens with two attached hydrogens (primary N) is 1. The highest BCUT2D eigenvalue weighted by Crippen LogP contribution is 2.33. The highest BCUT2D eigenvalue weighted by atomic mass is 16.5. The second kappa shape index (κ2) is 6.16. The molecule has 3 rings (SSSR count).